The molecule has 1 N–H and O–H groups in total. The number of aliphatic hydroxyl groups is 1. The van der Waals surface area contributed by atoms with Gasteiger partial charge in [-0.2, -0.15) is 0 Å². The molecule has 0 radical (unpaired) electrons. The molecule has 0 aliphatic carbocycles. The number of aryl methyl sites for hydroxylation is 1. The van der Waals surface area contributed by atoms with Gasteiger partial charge in [0.25, 0.3) is 0 Å². The Balaban J connectivity index is 2.91. The van der Waals surface area contributed by atoms with Crippen LogP contribution in [0.3, 0.4) is 0 Å². The molecule has 0 saturated carbocycles. The molecule has 0 bridgehead atoms. The third-order valence-electron chi connectivity index (χ3n) is 2.86. The first-order valence-electron chi connectivity index (χ1n) is 5.34. The zero-order valence-electron chi connectivity index (χ0n) is 9.90. The van der Waals surface area contributed by atoms with Gasteiger partial charge in [0.15, 0.2) is 0 Å². The molecule has 1 aromatic rings. The van der Waals surface area contributed by atoms with E-state index < -0.39 is 11.7 Å². The van der Waals surface area contributed by atoms with Crippen LogP contribution in [0.4, 0.5) is 0 Å². The maximum absolute atomic E-state index is 10.2. The molecule has 2 unspecified atom stereocenters. The monoisotopic (exact) mass is 212 g/mol. The molecule has 1 heterocycles. The Labute approximate surface area is 90.9 Å². The van der Waals surface area contributed by atoms with E-state index in [1.54, 1.807) is 6.20 Å². The van der Waals surface area contributed by atoms with Crippen LogP contribution in [0.25, 0.3) is 0 Å². The summed E-state index contributed by atoms with van der Waals surface area (Å²) in [7, 11) is 1.87. The molecule has 86 valence electrons. The van der Waals surface area contributed by atoms with Crippen LogP contribution >= 0.6 is 0 Å². The summed E-state index contributed by atoms with van der Waals surface area (Å²) >= 11 is 0. The molecule has 0 spiro atoms. The highest BCUT2D eigenvalue weighted by atomic mass is 16.5. The van der Waals surface area contributed by atoms with E-state index in [1.165, 1.54) is 0 Å². The van der Waals surface area contributed by atoms with Gasteiger partial charge in [-0.1, -0.05) is 6.92 Å². The smallest absolute Gasteiger partial charge is 0.140 e. The van der Waals surface area contributed by atoms with Crippen molar-refractivity contribution in [1.82, 2.24) is 9.55 Å². The molecule has 0 aromatic carbocycles. The van der Waals surface area contributed by atoms with E-state index in [2.05, 4.69) is 4.98 Å². The van der Waals surface area contributed by atoms with Crippen molar-refractivity contribution in [2.24, 2.45) is 7.05 Å². The Bertz CT molecular complexity index is 311. The van der Waals surface area contributed by atoms with E-state index in [0.717, 1.165) is 6.42 Å². The molecule has 0 aliphatic heterocycles. The summed E-state index contributed by atoms with van der Waals surface area (Å²) in [4.78, 5) is 4.14. The van der Waals surface area contributed by atoms with Crippen LogP contribution in [0.5, 0.6) is 0 Å². The molecule has 0 saturated heterocycles. The second-order valence-electron chi connectivity index (χ2n) is 3.90. The van der Waals surface area contributed by atoms with Crippen LogP contribution in [-0.4, -0.2) is 26.9 Å². The number of hydrogen-bond acceptors (Lipinski definition) is 3. The number of hydrogen-bond donors (Lipinski definition) is 1. The predicted molar refractivity (Wildman–Crippen MR) is 58.5 cm³/mol. The van der Waals surface area contributed by atoms with Gasteiger partial charge in [0, 0.05) is 26.0 Å². The fourth-order valence-electron chi connectivity index (χ4n) is 1.62. The Kier molecular flexibility index (Phi) is 3.88. The minimum atomic E-state index is -0.692. The van der Waals surface area contributed by atoms with Gasteiger partial charge in [-0.25, -0.2) is 4.98 Å². The van der Waals surface area contributed by atoms with Crippen molar-refractivity contribution in [2.45, 2.75) is 38.9 Å². The third-order valence-corrected chi connectivity index (χ3v) is 2.86. The van der Waals surface area contributed by atoms with Crippen LogP contribution < -0.4 is 0 Å². The summed E-state index contributed by atoms with van der Waals surface area (Å²) < 4.78 is 7.43. The summed E-state index contributed by atoms with van der Waals surface area (Å²) in [5, 5.41) is 10.2. The fourth-order valence-corrected chi connectivity index (χ4v) is 1.62. The number of ether oxygens (including phenoxy) is 1. The van der Waals surface area contributed by atoms with Crippen molar-refractivity contribution in [3.05, 3.63) is 18.2 Å². The lowest BCUT2D eigenvalue weighted by Gasteiger charge is -2.32. The summed E-state index contributed by atoms with van der Waals surface area (Å²) in [6.45, 7) is 6.43. The van der Waals surface area contributed by atoms with E-state index in [1.807, 2.05) is 38.6 Å². The highest BCUT2D eigenvalue weighted by Gasteiger charge is 2.35. The molecular weight excluding hydrogens is 192 g/mol. The normalized spacial score (nSPS) is 17.4. The van der Waals surface area contributed by atoms with Gasteiger partial charge >= 0.3 is 0 Å². The predicted octanol–water partition coefficient (Wildman–Crippen LogP) is 1.66. The van der Waals surface area contributed by atoms with E-state index in [-0.39, 0.29) is 0 Å². The highest BCUT2D eigenvalue weighted by Crippen LogP contribution is 2.30. The van der Waals surface area contributed by atoms with Crippen LogP contribution in [0, 0.1) is 0 Å². The maximum Gasteiger partial charge on any atom is 0.140 e. The van der Waals surface area contributed by atoms with E-state index >= 15 is 0 Å². The third kappa shape index (κ3) is 2.38. The average molecular weight is 212 g/mol. The van der Waals surface area contributed by atoms with E-state index in [9.17, 15) is 5.11 Å². The van der Waals surface area contributed by atoms with E-state index in [4.69, 9.17) is 4.74 Å². The maximum atomic E-state index is 10.2. The van der Waals surface area contributed by atoms with Crippen LogP contribution in [0.15, 0.2) is 12.4 Å². The average Bonchev–Trinajstić information content (AvgIpc) is 2.63. The number of rotatable bonds is 5. The Morgan fingerprint density at radius 2 is 2.27 bits per heavy atom. The lowest BCUT2D eigenvalue weighted by molar-refractivity contribution is -0.116. The number of imidazole rings is 1. The molecule has 4 heteroatoms. The molecule has 1 rings (SSSR count). The molecule has 15 heavy (non-hydrogen) atoms. The summed E-state index contributed by atoms with van der Waals surface area (Å²) in [6, 6.07) is 0. The SMILES string of the molecule is CCOC(C)(CC)C(O)c1nccn1C. The molecule has 2 atom stereocenters. The van der Waals surface area contributed by atoms with E-state index in [0.29, 0.717) is 12.4 Å². The zero-order valence-corrected chi connectivity index (χ0v) is 9.90. The van der Waals surface area contributed by atoms with Gasteiger partial charge in [0.2, 0.25) is 0 Å². The second-order valence-corrected chi connectivity index (χ2v) is 3.90. The lowest BCUT2D eigenvalue weighted by atomic mass is 9.95. The number of aromatic nitrogens is 2. The van der Waals surface area contributed by atoms with Gasteiger partial charge in [0.05, 0.1) is 5.60 Å². The fraction of sp³-hybridized carbons (Fsp3) is 0.727. The van der Waals surface area contributed by atoms with Crippen LogP contribution in [0.2, 0.25) is 0 Å². The number of aliphatic hydroxyl groups excluding tert-OH is 1. The molecule has 1 aromatic heterocycles. The highest BCUT2D eigenvalue weighted by molar-refractivity contribution is 5.02. The largest absolute Gasteiger partial charge is 0.382 e. The Morgan fingerprint density at radius 3 is 2.67 bits per heavy atom. The van der Waals surface area contributed by atoms with Crippen molar-refractivity contribution in [1.29, 1.82) is 0 Å². The Hall–Kier alpha value is -0.870. The zero-order chi connectivity index (χ0) is 11.5. The van der Waals surface area contributed by atoms with Gasteiger partial charge in [-0.05, 0) is 20.3 Å². The van der Waals surface area contributed by atoms with Crippen LogP contribution in [0.1, 0.15) is 39.1 Å². The first-order chi connectivity index (χ1) is 7.05. The first-order valence-corrected chi connectivity index (χ1v) is 5.34. The summed E-state index contributed by atoms with van der Waals surface area (Å²) in [5.41, 5.74) is -0.562. The van der Waals surface area contributed by atoms with Gasteiger partial charge in [0.1, 0.15) is 11.9 Å². The lowest BCUT2D eigenvalue weighted by Crippen LogP contribution is -2.37. The minimum Gasteiger partial charge on any atom is -0.382 e. The van der Waals surface area contributed by atoms with Gasteiger partial charge in [-0.3, -0.25) is 0 Å². The van der Waals surface area contributed by atoms with Crippen molar-refractivity contribution in [3.8, 4) is 0 Å². The molecular formula is C11H20N2O2. The van der Waals surface area contributed by atoms with Crippen molar-refractivity contribution < 1.29 is 9.84 Å². The molecule has 0 fully saturated rings. The standard InChI is InChI=1S/C11H20N2O2/c1-5-11(3,15-6-2)9(14)10-12-7-8-13(10)4/h7-9,14H,5-6H2,1-4H3. The van der Waals surface area contributed by atoms with Gasteiger partial charge < -0.3 is 14.4 Å². The summed E-state index contributed by atoms with van der Waals surface area (Å²) in [5.74, 6) is 0.646. The summed E-state index contributed by atoms with van der Waals surface area (Å²) in [6.07, 6.45) is 3.55. The number of nitrogens with zero attached hydrogens (tertiary/aromatic N) is 2. The molecule has 0 aliphatic rings. The minimum absolute atomic E-state index is 0.562. The quantitative estimate of drug-likeness (QED) is 0.807. The van der Waals surface area contributed by atoms with Crippen molar-refractivity contribution >= 4 is 0 Å². The Morgan fingerprint density at radius 1 is 1.60 bits per heavy atom. The second kappa shape index (κ2) is 4.77. The molecule has 4 nitrogen and oxygen atoms in total. The first kappa shape index (κ1) is 12.2. The topological polar surface area (TPSA) is 47.3 Å². The molecule has 0 amide bonds. The van der Waals surface area contributed by atoms with Crippen molar-refractivity contribution in [3.63, 3.8) is 0 Å². The van der Waals surface area contributed by atoms with Gasteiger partial charge in [-0.15, -0.1) is 0 Å². The van der Waals surface area contributed by atoms with Crippen molar-refractivity contribution in [2.75, 3.05) is 6.61 Å². The van der Waals surface area contributed by atoms with Crippen LogP contribution in [-0.2, 0) is 11.8 Å².